The zero-order valence-electron chi connectivity index (χ0n) is 11.1. The number of hydrogen-bond donors (Lipinski definition) is 1. The Morgan fingerprint density at radius 1 is 1.67 bits per heavy atom. The van der Waals surface area contributed by atoms with Gasteiger partial charge in [0.15, 0.2) is 0 Å². The molecule has 0 radical (unpaired) electrons. The molecule has 0 aliphatic heterocycles. The summed E-state index contributed by atoms with van der Waals surface area (Å²) in [5, 5.41) is 5.52. The Labute approximate surface area is 113 Å². The molecule has 2 rings (SSSR count). The van der Waals surface area contributed by atoms with Gasteiger partial charge in [-0.25, -0.2) is 0 Å². The lowest BCUT2D eigenvalue weighted by Crippen LogP contribution is -2.54. The maximum atomic E-state index is 12.1. The van der Waals surface area contributed by atoms with Crippen molar-refractivity contribution in [1.82, 2.24) is 5.32 Å². The number of methoxy groups -OCH3 is 1. The van der Waals surface area contributed by atoms with Crippen molar-refractivity contribution in [3.05, 3.63) is 22.4 Å². The largest absolute Gasteiger partial charge is 0.468 e. The van der Waals surface area contributed by atoms with E-state index >= 15 is 0 Å². The van der Waals surface area contributed by atoms with Crippen LogP contribution in [0.3, 0.4) is 0 Å². The molecule has 1 saturated carbocycles. The number of hydrogen-bond acceptors (Lipinski definition) is 4. The topological polar surface area (TPSA) is 38.3 Å². The van der Waals surface area contributed by atoms with Crippen molar-refractivity contribution in [2.24, 2.45) is 5.92 Å². The maximum Gasteiger partial charge on any atom is 0.326 e. The summed E-state index contributed by atoms with van der Waals surface area (Å²) in [6.45, 7) is 2.96. The molecular formula is C14H21NO2S. The number of rotatable bonds is 4. The van der Waals surface area contributed by atoms with Gasteiger partial charge in [0.1, 0.15) is 5.54 Å². The fraction of sp³-hybridized carbons (Fsp3) is 0.643. The second-order valence-corrected chi connectivity index (χ2v) is 6.24. The van der Waals surface area contributed by atoms with Gasteiger partial charge in [0.05, 0.1) is 7.11 Å². The standard InChI is InChI=1S/C14H21NO2S/c1-11-5-3-7-14(9-11,13(16)17-2)15-10-12-6-4-8-18-12/h4,6,8,11,15H,3,5,7,9-10H2,1-2H3. The van der Waals surface area contributed by atoms with Crippen LogP contribution in [0.4, 0.5) is 0 Å². The first-order valence-electron chi connectivity index (χ1n) is 6.52. The summed E-state index contributed by atoms with van der Waals surface area (Å²) in [4.78, 5) is 13.4. The zero-order valence-corrected chi connectivity index (χ0v) is 11.9. The Hall–Kier alpha value is -0.870. The number of thiophene rings is 1. The number of nitrogens with one attached hydrogen (secondary N) is 1. The molecule has 0 saturated heterocycles. The second kappa shape index (κ2) is 5.85. The number of ether oxygens (including phenoxy) is 1. The minimum absolute atomic E-state index is 0.106. The van der Waals surface area contributed by atoms with Crippen molar-refractivity contribution >= 4 is 17.3 Å². The molecule has 2 atom stereocenters. The fourth-order valence-electron chi connectivity index (χ4n) is 2.83. The van der Waals surface area contributed by atoms with Crippen LogP contribution in [0.5, 0.6) is 0 Å². The highest BCUT2D eigenvalue weighted by Gasteiger charge is 2.42. The molecule has 0 amide bonds. The van der Waals surface area contributed by atoms with Gasteiger partial charge in [-0.15, -0.1) is 11.3 Å². The Balaban J connectivity index is 2.07. The van der Waals surface area contributed by atoms with E-state index in [0.29, 0.717) is 5.92 Å². The van der Waals surface area contributed by atoms with Crippen molar-refractivity contribution in [3.8, 4) is 0 Å². The highest BCUT2D eigenvalue weighted by molar-refractivity contribution is 7.09. The van der Waals surface area contributed by atoms with Crippen molar-refractivity contribution < 1.29 is 9.53 Å². The van der Waals surface area contributed by atoms with Crippen LogP contribution >= 0.6 is 11.3 Å². The van der Waals surface area contributed by atoms with Gasteiger partial charge in [0, 0.05) is 11.4 Å². The zero-order chi connectivity index (χ0) is 13.0. The molecule has 1 N–H and O–H groups in total. The van der Waals surface area contributed by atoms with Crippen LogP contribution in [-0.2, 0) is 16.1 Å². The Kier molecular flexibility index (Phi) is 4.40. The van der Waals surface area contributed by atoms with Crippen LogP contribution in [0.25, 0.3) is 0 Å². The summed E-state index contributed by atoms with van der Waals surface area (Å²) in [5.74, 6) is 0.472. The van der Waals surface area contributed by atoms with Crippen LogP contribution < -0.4 is 5.32 Å². The molecule has 0 bridgehead atoms. The van der Waals surface area contributed by atoms with Crippen LogP contribution in [0.1, 0.15) is 37.5 Å². The smallest absolute Gasteiger partial charge is 0.326 e. The van der Waals surface area contributed by atoms with Gasteiger partial charge in [-0.2, -0.15) is 0 Å². The molecular weight excluding hydrogens is 246 g/mol. The predicted molar refractivity (Wildman–Crippen MR) is 73.5 cm³/mol. The van der Waals surface area contributed by atoms with Crippen LogP contribution in [0.15, 0.2) is 17.5 Å². The monoisotopic (exact) mass is 267 g/mol. The van der Waals surface area contributed by atoms with E-state index in [0.717, 1.165) is 25.8 Å². The molecule has 1 aliphatic carbocycles. The van der Waals surface area contributed by atoms with Crippen LogP contribution in [0.2, 0.25) is 0 Å². The van der Waals surface area contributed by atoms with Crippen LogP contribution in [-0.4, -0.2) is 18.6 Å². The van der Waals surface area contributed by atoms with E-state index < -0.39 is 5.54 Å². The van der Waals surface area contributed by atoms with Crippen molar-refractivity contribution in [2.75, 3.05) is 7.11 Å². The Morgan fingerprint density at radius 2 is 2.50 bits per heavy atom. The minimum Gasteiger partial charge on any atom is -0.468 e. The van der Waals surface area contributed by atoms with Crippen molar-refractivity contribution in [2.45, 2.75) is 44.7 Å². The van der Waals surface area contributed by atoms with Gasteiger partial charge in [0.25, 0.3) is 0 Å². The van der Waals surface area contributed by atoms with E-state index in [2.05, 4.69) is 23.7 Å². The minimum atomic E-state index is -0.476. The first-order chi connectivity index (χ1) is 8.66. The summed E-state index contributed by atoms with van der Waals surface area (Å²) >= 11 is 1.72. The van der Waals surface area contributed by atoms with Crippen LogP contribution in [0, 0.1) is 5.92 Å². The lowest BCUT2D eigenvalue weighted by atomic mass is 9.76. The lowest BCUT2D eigenvalue weighted by Gasteiger charge is -2.38. The molecule has 1 heterocycles. The summed E-state index contributed by atoms with van der Waals surface area (Å²) < 4.78 is 5.01. The summed E-state index contributed by atoms with van der Waals surface area (Å²) in [7, 11) is 1.48. The molecule has 2 unspecified atom stereocenters. The molecule has 0 spiro atoms. The van der Waals surface area contributed by atoms with E-state index in [1.54, 1.807) is 11.3 Å². The van der Waals surface area contributed by atoms with E-state index in [1.807, 2.05) is 6.07 Å². The van der Waals surface area contributed by atoms with E-state index in [4.69, 9.17) is 4.74 Å². The molecule has 1 aromatic rings. The van der Waals surface area contributed by atoms with E-state index in [1.165, 1.54) is 18.4 Å². The van der Waals surface area contributed by atoms with Gasteiger partial charge < -0.3 is 4.74 Å². The average Bonchev–Trinajstić information content (AvgIpc) is 2.88. The lowest BCUT2D eigenvalue weighted by molar-refractivity contribution is -0.151. The summed E-state index contributed by atoms with van der Waals surface area (Å²) in [6.07, 6.45) is 4.06. The molecule has 0 aromatic carbocycles. The summed E-state index contributed by atoms with van der Waals surface area (Å²) in [6, 6.07) is 4.13. The first kappa shape index (κ1) is 13.6. The van der Waals surface area contributed by atoms with Gasteiger partial charge in [-0.1, -0.05) is 25.8 Å². The quantitative estimate of drug-likeness (QED) is 0.852. The van der Waals surface area contributed by atoms with Gasteiger partial charge in [0.2, 0.25) is 0 Å². The number of carbonyl (C=O) groups excluding carboxylic acids is 1. The normalized spacial score (nSPS) is 28.0. The molecule has 1 fully saturated rings. The Morgan fingerprint density at radius 3 is 3.11 bits per heavy atom. The van der Waals surface area contributed by atoms with Crippen molar-refractivity contribution in [3.63, 3.8) is 0 Å². The first-order valence-corrected chi connectivity index (χ1v) is 7.40. The predicted octanol–water partition coefficient (Wildman–Crippen LogP) is 2.96. The number of esters is 1. The van der Waals surface area contributed by atoms with Gasteiger partial charge >= 0.3 is 5.97 Å². The third kappa shape index (κ3) is 2.93. The highest BCUT2D eigenvalue weighted by Crippen LogP contribution is 2.33. The maximum absolute atomic E-state index is 12.1. The number of carbonyl (C=O) groups is 1. The molecule has 4 heteroatoms. The highest BCUT2D eigenvalue weighted by atomic mass is 32.1. The average molecular weight is 267 g/mol. The van der Waals surface area contributed by atoms with E-state index in [9.17, 15) is 4.79 Å². The molecule has 100 valence electrons. The van der Waals surface area contributed by atoms with Gasteiger partial charge in [-0.3, -0.25) is 10.1 Å². The third-order valence-electron chi connectivity index (χ3n) is 3.75. The molecule has 18 heavy (non-hydrogen) atoms. The SMILES string of the molecule is COC(=O)C1(NCc2cccs2)CCCC(C)C1. The molecule has 1 aliphatic rings. The second-order valence-electron chi connectivity index (χ2n) is 5.21. The molecule has 3 nitrogen and oxygen atoms in total. The molecule has 1 aromatic heterocycles. The Bertz CT molecular complexity index is 391. The van der Waals surface area contributed by atoms with Crippen molar-refractivity contribution in [1.29, 1.82) is 0 Å². The summed E-state index contributed by atoms with van der Waals surface area (Å²) in [5.41, 5.74) is -0.476. The van der Waals surface area contributed by atoms with E-state index in [-0.39, 0.29) is 5.97 Å². The van der Waals surface area contributed by atoms with Gasteiger partial charge in [-0.05, 0) is 30.2 Å². The third-order valence-corrected chi connectivity index (χ3v) is 4.63. The fourth-order valence-corrected chi connectivity index (χ4v) is 3.48.